The first-order chi connectivity index (χ1) is 15.0. The van der Waals surface area contributed by atoms with Gasteiger partial charge < -0.3 is 14.8 Å². The molecule has 7 heteroatoms. The minimum Gasteiger partial charge on any atom is -0.492 e. The van der Waals surface area contributed by atoms with Crippen LogP contribution in [0.25, 0.3) is 0 Å². The van der Waals surface area contributed by atoms with Crippen LogP contribution in [0, 0.1) is 22.2 Å². The number of rotatable bonds is 7. The van der Waals surface area contributed by atoms with Gasteiger partial charge in [0.2, 0.25) is 0 Å². The van der Waals surface area contributed by atoms with Crippen molar-refractivity contribution in [3.05, 3.63) is 47.5 Å². The van der Waals surface area contributed by atoms with Gasteiger partial charge >= 0.3 is 0 Å². The molecule has 1 aliphatic carbocycles. The predicted octanol–water partition coefficient (Wildman–Crippen LogP) is 4.48. The fourth-order valence-corrected chi connectivity index (χ4v) is 4.84. The molecule has 7 nitrogen and oxygen atoms in total. The quantitative estimate of drug-likeness (QED) is 0.687. The smallest absolute Gasteiger partial charge is 0.271 e. The molecule has 1 aliphatic rings. The monoisotopic (exact) mass is 436 g/mol. The van der Waals surface area contributed by atoms with E-state index in [1.54, 1.807) is 24.4 Å². The Kier molecular flexibility index (Phi) is 6.45. The van der Waals surface area contributed by atoms with Gasteiger partial charge in [0.15, 0.2) is 0 Å². The standard InChI is InChI=1S/C25H32N4O3/c1-8-31-20-11-17(10-9-16(20)12-26)32-23-24(4,5)22(25(23,6)7)29-21(30)19-14-27-18(13-28-19)15(2)3/h9-11,13-15,22-23H,8H2,1-7H3,(H,29,30). The second-order valence-corrected chi connectivity index (χ2v) is 9.73. The lowest BCUT2D eigenvalue weighted by atomic mass is 9.49. The van der Waals surface area contributed by atoms with E-state index < -0.39 is 0 Å². The third-order valence-electron chi connectivity index (χ3n) is 6.24. The van der Waals surface area contributed by atoms with Crippen molar-refractivity contribution >= 4 is 5.91 Å². The highest BCUT2D eigenvalue weighted by atomic mass is 16.5. The molecule has 1 aromatic heterocycles. The lowest BCUT2D eigenvalue weighted by Gasteiger charge is -2.63. The molecule has 0 spiro atoms. The highest BCUT2D eigenvalue weighted by Crippen LogP contribution is 2.55. The average molecular weight is 437 g/mol. The molecule has 1 amide bonds. The molecule has 1 N–H and O–H groups in total. The van der Waals surface area contributed by atoms with E-state index in [1.807, 2.05) is 20.8 Å². The molecule has 1 aromatic carbocycles. The van der Waals surface area contributed by atoms with Crippen LogP contribution >= 0.6 is 0 Å². The van der Waals surface area contributed by atoms with Crippen LogP contribution in [0.3, 0.4) is 0 Å². The number of carbonyl (C=O) groups is 1. The van der Waals surface area contributed by atoms with Gasteiger partial charge in [-0.05, 0) is 25.0 Å². The molecule has 0 atom stereocenters. The Morgan fingerprint density at radius 2 is 1.88 bits per heavy atom. The molecule has 1 saturated carbocycles. The van der Waals surface area contributed by atoms with Gasteiger partial charge in [-0.1, -0.05) is 41.5 Å². The van der Waals surface area contributed by atoms with Crippen LogP contribution in [-0.4, -0.2) is 34.6 Å². The van der Waals surface area contributed by atoms with Crippen LogP contribution in [-0.2, 0) is 0 Å². The second kappa shape index (κ2) is 8.78. The topological polar surface area (TPSA) is 97.1 Å². The molecule has 0 radical (unpaired) electrons. The number of hydrogen-bond acceptors (Lipinski definition) is 6. The third-order valence-corrected chi connectivity index (χ3v) is 6.24. The minimum absolute atomic E-state index is 0.121. The SMILES string of the molecule is CCOc1cc(OC2C(C)(C)C(NC(=O)c3cnc(C(C)C)cn3)C2(C)C)ccc1C#N. The number of amides is 1. The van der Waals surface area contributed by atoms with Crippen molar-refractivity contribution in [1.29, 1.82) is 5.26 Å². The number of aromatic nitrogens is 2. The van der Waals surface area contributed by atoms with E-state index in [1.165, 1.54) is 6.20 Å². The summed E-state index contributed by atoms with van der Waals surface area (Å²) in [5.41, 5.74) is 0.974. The van der Waals surface area contributed by atoms with E-state index in [-0.39, 0.29) is 34.8 Å². The van der Waals surface area contributed by atoms with Crippen molar-refractivity contribution in [3.63, 3.8) is 0 Å². The summed E-state index contributed by atoms with van der Waals surface area (Å²) < 4.78 is 11.9. The maximum Gasteiger partial charge on any atom is 0.271 e. The van der Waals surface area contributed by atoms with Gasteiger partial charge in [0.05, 0.1) is 24.1 Å². The van der Waals surface area contributed by atoms with Crippen molar-refractivity contribution in [2.75, 3.05) is 6.61 Å². The molecule has 0 aliphatic heterocycles. The molecule has 170 valence electrons. The summed E-state index contributed by atoms with van der Waals surface area (Å²) in [5, 5.41) is 12.4. The van der Waals surface area contributed by atoms with Crippen LogP contribution in [0.2, 0.25) is 0 Å². The zero-order valence-electron chi connectivity index (χ0n) is 19.9. The lowest BCUT2D eigenvalue weighted by molar-refractivity contribution is -0.164. The second-order valence-electron chi connectivity index (χ2n) is 9.73. The zero-order valence-corrected chi connectivity index (χ0v) is 19.9. The van der Waals surface area contributed by atoms with Crippen molar-refractivity contribution < 1.29 is 14.3 Å². The maximum atomic E-state index is 12.9. The molecule has 1 heterocycles. The van der Waals surface area contributed by atoms with Crippen LogP contribution in [0.15, 0.2) is 30.6 Å². The Morgan fingerprint density at radius 3 is 2.41 bits per heavy atom. The number of benzene rings is 1. The summed E-state index contributed by atoms with van der Waals surface area (Å²) in [7, 11) is 0. The molecule has 1 fully saturated rings. The van der Waals surface area contributed by atoms with Gasteiger partial charge in [0.1, 0.15) is 29.4 Å². The minimum atomic E-state index is -0.329. The fraction of sp³-hybridized carbons (Fsp3) is 0.520. The number of nitriles is 1. The molecule has 0 unspecified atom stereocenters. The normalized spacial score (nSPS) is 20.7. The van der Waals surface area contributed by atoms with E-state index in [0.717, 1.165) is 5.69 Å². The van der Waals surface area contributed by atoms with Gasteiger partial charge in [-0.3, -0.25) is 9.78 Å². The predicted molar refractivity (Wildman–Crippen MR) is 122 cm³/mol. The number of hydrogen-bond donors (Lipinski definition) is 1. The third kappa shape index (κ3) is 4.27. The lowest BCUT2D eigenvalue weighted by Crippen LogP contribution is -2.74. The summed E-state index contributed by atoms with van der Waals surface area (Å²) in [6.07, 6.45) is 3.03. The largest absolute Gasteiger partial charge is 0.492 e. The Labute approximate surface area is 190 Å². The fourth-order valence-electron chi connectivity index (χ4n) is 4.84. The van der Waals surface area contributed by atoms with Crippen LogP contribution in [0.5, 0.6) is 11.5 Å². The molecule has 32 heavy (non-hydrogen) atoms. The van der Waals surface area contributed by atoms with Crippen molar-refractivity contribution in [3.8, 4) is 17.6 Å². The highest BCUT2D eigenvalue weighted by molar-refractivity contribution is 5.92. The first kappa shape index (κ1) is 23.5. The van der Waals surface area contributed by atoms with Gasteiger partial charge in [0.25, 0.3) is 5.91 Å². The molecular weight excluding hydrogens is 404 g/mol. The Morgan fingerprint density at radius 1 is 1.19 bits per heavy atom. The van der Waals surface area contributed by atoms with Crippen molar-refractivity contribution in [1.82, 2.24) is 15.3 Å². The van der Waals surface area contributed by atoms with Crippen molar-refractivity contribution in [2.24, 2.45) is 10.8 Å². The van der Waals surface area contributed by atoms with E-state index >= 15 is 0 Å². The summed E-state index contributed by atoms with van der Waals surface area (Å²) in [5.74, 6) is 1.16. The van der Waals surface area contributed by atoms with Gasteiger partial charge in [-0.25, -0.2) is 4.98 Å². The van der Waals surface area contributed by atoms with E-state index in [4.69, 9.17) is 9.47 Å². The van der Waals surface area contributed by atoms with Crippen molar-refractivity contribution in [2.45, 2.75) is 66.5 Å². The van der Waals surface area contributed by atoms with E-state index in [0.29, 0.717) is 29.4 Å². The van der Waals surface area contributed by atoms with Crippen LogP contribution < -0.4 is 14.8 Å². The summed E-state index contributed by atoms with van der Waals surface area (Å²) in [4.78, 5) is 21.5. The first-order valence-electron chi connectivity index (χ1n) is 11.0. The number of nitrogens with zero attached hydrogens (tertiary/aromatic N) is 3. The summed E-state index contributed by atoms with van der Waals surface area (Å²) >= 11 is 0. The molecule has 3 rings (SSSR count). The Balaban J connectivity index is 1.75. The number of ether oxygens (including phenoxy) is 2. The number of carbonyl (C=O) groups excluding carboxylic acids is 1. The Bertz CT molecular complexity index is 1010. The summed E-state index contributed by atoms with van der Waals surface area (Å²) in [6.45, 7) is 14.7. The first-order valence-corrected chi connectivity index (χ1v) is 11.0. The molecule has 2 aromatic rings. The van der Waals surface area contributed by atoms with Gasteiger partial charge in [-0.15, -0.1) is 0 Å². The Hall–Kier alpha value is -3.14. The van der Waals surface area contributed by atoms with Crippen LogP contribution in [0.1, 0.15) is 76.1 Å². The highest BCUT2D eigenvalue weighted by Gasteiger charge is 2.64. The molecule has 0 saturated heterocycles. The number of nitrogens with one attached hydrogen (secondary N) is 1. The van der Waals surface area contributed by atoms with Gasteiger partial charge in [0, 0.05) is 29.1 Å². The summed E-state index contributed by atoms with van der Waals surface area (Å²) in [6, 6.07) is 7.26. The van der Waals surface area contributed by atoms with E-state index in [2.05, 4.69) is 49.0 Å². The van der Waals surface area contributed by atoms with Crippen LogP contribution in [0.4, 0.5) is 0 Å². The van der Waals surface area contributed by atoms with E-state index in [9.17, 15) is 10.1 Å². The molecule has 0 bridgehead atoms. The molecular formula is C25H32N4O3. The van der Waals surface area contributed by atoms with Gasteiger partial charge in [-0.2, -0.15) is 5.26 Å². The maximum absolute atomic E-state index is 12.9. The zero-order chi connectivity index (χ0) is 23.7. The average Bonchev–Trinajstić information content (AvgIpc) is 2.75.